The van der Waals surface area contributed by atoms with Crippen LogP contribution in [0.15, 0.2) is 205 Å². The number of rotatable bonds is 6. The van der Waals surface area contributed by atoms with Crippen LogP contribution in [0.25, 0.3) is 111 Å². The van der Waals surface area contributed by atoms with Gasteiger partial charge in [-0.15, -0.1) is 0 Å². The average molecular weight is 728 g/mol. The Morgan fingerprint density at radius 3 is 1.74 bits per heavy atom. The largest absolute Gasteiger partial charge is 0.455 e. The molecule has 0 aliphatic rings. The topological polar surface area (TPSA) is 51.8 Å². The fourth-order valence-corrected chi connectivity index (χ4v) is 8.20. The van der Waals surface area contributed by atoms with E-state index < -0.39 is 0 Å². The zero-order valence-electron chi connectivity index (χ0n) is 30.8. The lowest BCUT2D eigenvalue weighted by atomic mass is 9.90. The first-order chi connectivity index (χ1) is 28.2. The molecule has 0 aliphatic heterocycles. The monoisotopic (exact) mass is 727 g/mol. The van der Waals surface area contributed by atoms with E-state index in [-0.39, 0.29) is 0 Å². The fourth-order valence-electron chi connectivity index (χ4n) is 8.20. The Bertz CT molecular complexity index is 3290. The molecule has 266 valence electrons. The summed E-state index contributed by atoms with van der Waals surface area (Å²) >= 11 is 0. The van der Waals surface area contributed by atoms with Crippen LogP contribution in [0.3, 0.4) is 0 Å². The Labute approximate surface area is 329 Å². The molecule has 0 amide bonds. The molecule has 0 saturated carbocycles. The Hall–Kier alpha value is -7.69. The van der Waals surface area contributed by atoms with E-state index in [1.807, 2.05) is 42.5 Å². The maximum Gasteiger partial charge on any atom is 0.164 e. The van der Waals surface area contributed by atoms with Gasteiger partial charge in [0.05, 0.1) is 0 Å². The molecule has 9 aromatic carbocycles. The third-order valence-corrected chi connectivity index (χ3v) is 10.9. The van der Waals surface area contributed by atoms with Crippen molar-refractivity contribution < 1.29 is 4.42 Å². The van der Waals surface area contributed by atoms with Crippen molar-refractivity contribution in [2.24, 2.45) is 0 Å². The second kappa shape index (κ2) is 13.6. The van der Waals surface area contributed by atoms with Crippen LogP contribution in [-0.4, -0.2) is 15.0 Å². The molecular weight excluding hydrogens is 695 g/mol. The SMILES string of the molecule is c1ccc(-c2nc(-c3ccc(-c4cccc5ccccc45)c(-c4ccccc4)c3)nc(-c3cccc4oc5c(-c6ccc7ccccc7c6)cccc5c34)n2)cc1. The Morgan fingerprint density at radius 2 is 0.895 bits per heavy atom. The maximum atomic E-state index is 6.72. The van der Waals surface area contributed by atoms with E-state index in [9.17, 15) is 0 Å². The number of fused-ring (bicyclic) bond motifs is 5. The first-order valence-corrected chi connectivity index (χ1v) is 19.2. The van der Waals surface area contributed by atoms with Crippen LogP contribution in [0.5, 0.6) is 0 Å². The van der Waals surface area contributed by atoms with E-state index in [1.54, 1.807) is 0 Å². The van der Waals surface area contributed by atoms with Crippen molar-refractivity contribution in [3.05, 3.63) is 200 Å². The maximum absolute atomic E-state index is 6.72. The summed E-state index contributed by atoms with van der Waals surface area (Å²) in [6, 6.07) is 69.9. The van der Waals surface area contributed by atoms with Crippen LogP contribution in [-0.2, 0) is 0 Å². The zero-order chi connectivity index (χ0) is 37.7. The summed E-state index contributed by atoms with van der Waals surface area (Å²) in [5, 5.41) is 6.80. The van der Waals surface area contributed by atoms with Gasteiger partial charge in [0.1, 0.15) is 11.2 Å². The second-order valence-electron chi connectivity index (χ2n) is 14.4. The Morgan fingerprint density at radius 1 is 0.298 bits per heavy atom. The predicted molar refractivity (Wildman–Crippen MR) is 235 cm³/mol. The van der Waals surface area contributed by atoms with Gasteiger partial charge in [0, 0.05) is 33.0 Å². The highest BCUT2D eigenvalue weighted by Gasteiger charge is 2.21. The van der Waals surface area contributed by atoms with Gasteiger partial charge in [-0.25, -0.2) is 15.0 Å². The highest BCUT2D eigenvalue weighted by atomic mass is 16.3. The summed E-state index contributed by atoms with van der Waals surface area (Å²) in [6.45, 7) is 0. The van der Waals surface area contributed by atoms with Crippen molar-refractivity contribution >= 4 is 43.5 Å². The molecule has 2 aromatic heterocycles. The summed E-state index contributed by atoms with van der Waals surface area (Å²) in [7, 11) is 0. The minimum atomic E-state index is 0.586. The van der Waals surface area contributed by atoms with Gasteiger partial charge < -0.3 is 4.42 Å². The van der Waals surface area contributed by atoms with Crippen LogP contribution in [0.1, 0.15) is 0 Å². The fraction of sp³-hybridized carbons (Fsp3) is 0. The van der Waals surface area contributed by atoms with Crippen molar-refractivity contribution in [1.82, 2.24) is 15.0 Å². The first-order valence-electron chi connectivity index (χ1n) is 19.2. The van der Waals surface area contributed by atoms with Crippen molar-refractivity contribution in [2.75, 3.05) is 0 Å². The van der Waals surface area contributed by atoms with Crippen molar-refractivity contribution in [3.63, 3.8) is 0 Å². The molecule has 0 aliphatic carbocycles. The lowest BCUT2D eigenvalue weighted by Gasteiger charge is -2.15. The number of furan rings is 1. The second-order valence-corrected chi connectivity index (χ2v) is 14.4. The zero-order valence-corrected chi connectivity index (χ0v) is 30.8. The first kappa shape index (κ1) is 32.7. The van der Waals surface area contributed by atoms with Gasteiger partial charge in [0.2, 0.25) is 0 Å². The van der Waals surface area contributed by atoms with E-state index in [1.165, 1.54) is 27.1 Å². The highest BCUT2D eigenvalue weighted by Crippen LogP contribution is 2.42. The van der Waals surface area contributed by atoms with E-state index in [0.717, 1.165) is 66.4 Å². The molecule has 0 N–H and O–H groups in total. The van der Waals surface area contributed by atoms with E-state index in [4.69, 9.17) is 19.4 Å². The lowest BCUT2D eigenvalue weighted by molar-refractivity contribution is 0.670. The van der Waals surface area contributed by atoms with Crippen LogP contribution < -0.4 is 0 Å². The molecule has 0 fully saturated rings. The third kappa shape index (κ3) is 5.74. The third-order valence-electron chi connectivity index (χ3n) is 10.9. The lowest BCUT2D eigenvalue weighted by Crippen LogP contribution is -2.01. The van der Waals surface area contributed by atoms with Crippen LogP contribution in [0.2, 0.25) is 0 Å². The van der Waals surface area contributed by atoms with Gasteiger partial charge in [-0.1, -0.05) is 182 Å². The van der Waals surface area contributed by atoms with Crippen LogP contribution >= 0.6 is 0 Å². The summed E-state index contributed by atoms with van der Waals surface area (Å²) in [5.74, 6) is 1.79. The van der Waals surface area contributed by atoms with Gasteiger partial charge in [-0.2, -0.15) is 0 Å². The van der Waals surface area contributed by atoms with Gasteiger partial charge in [-0.3, -0.25) is 0 Å². The smallest absolute Gasteiger partial charge is 0.164 e. The summed E-state index contributed by atoms with van der Waals surface area (Å²) in [4.78, 5) is 15.6. The molecule has 0 radical (unpaired) electrons. The average Bonchev–Trinajstić information content (AvgIpc) is 3.68. The van der Waals surface area contributed by atoms with E-state index in [2.05, 4.69) is 158 Å². The minimum Gasteiger partial charge on any atom is -0.455 e. The molecule has 0 atom stereocenters. The molecule has 4 heteroatoms. The van der Waals surface area contributed by atoms with E-state index >= 15 is 0 Å². The molecule has 57 heavy (non-hydrogen) atoms. The van der Waals surface area contributed by atoms with Crippen molar-refractivity contribution in [1.29, 1.82) is 0 Å². The number of hydrogen-bond acceptors (Lipinski definition) is 4. The summed E-state index contributed by atoms with van der Waals surface area (Å²) < 4.78 is 6.72. The van der Waals surface area contributed by atoms with Crippen LogP contribution in [0.4, 0.5) is 0 Å². The number of benzene rings is 9. The molecule has 11 aromatic rings. The number of para-hydroxylation sites is 1. The van der Waals surface area contributed by atoms with E-state index in [0.29, 0.717) is 17.5 Å². The normalized spacial score (nSPS) is 11.5. The Balaban J connectivity index is 1.12. The molecule has 0 saturated heterocycles. The quantitative estimate of drug-likeness (QED) is 0.171. The molecule has 0 unspecified atom stereocenters. The Kier molecular flexibility index (Phi) is 7.78. The molecular formula is C53H33N3O. The van der Waals surface area contributed by atoms with Crippen LogP contribution in [0, 0.1) is 0 Å². The predicted octanol–water partition coefficient (Wildman–Crippen LogP) is 14.1. The van der Waals surface area contributed by atoms with Gasteiger partial charge in [0.25, 0.3) is 0 Å². The number of aromatic nitrogens is 3. The van der Waals surface area contributed by atoms with Gasteiger partial charge in [-0.05, 0) is 67.6 Å². The summed E-state index contributed by atoms with van der Waals surface area (Å²) in [5.41, 5.74) is 11.0. The summed E-state index contributed by atoms with van der Waals surface area (Å²) in [6.07, 6.45) is 0. The number of hydrogen-bond donors (Lipinski definition) is 0. The van der Waals surface area contributed by atoms with Gasteiger partial charge in [0.15, 0.2) is 17.5 Å². The minimum absolute atomic E-state index is 0.586. The van der Waals surface area contributed by atoms with Gasteiger partial charge >= 0.3 is 0 Å². The molecule has 11 rings (SSSR count). The number of nitrogens with zero attached hydrogens (tertiary/aromatic N) is 3. The highest BCUT2D eigenvalue weighted by molar-refractivity contribution is 6.15. The standard InChI is InChI=1S/C53H33N3O/c1-3-15-36(16-4-1)47-33-40(30-31-44(47)43-24-11-21-35-17-9-10-22-41(35)43)52-54-51(37-18-5-2-6-19-37)55-53(56-52)46-26-13-27-48-49(46)45-25-12-23-42(50(45)57-48)39-29-28-34-14-7-8-20-38(34)32-39/h1-33H. The molecule has 4 nitrogen and oxygen atoms in total. The molecule has 0 spiro atoms. The van der Waals surface area contributed by atoms with Crippen molar-refractivity contribution in [3.8, 4) is 67.5 Å². The molecule has 0 bridgehead atoms. The van der Waals surface area contributed by atoms with Crippen molar-refractivity contribution in [2.45, 2.75) is 0 Å². The molecule has 2 heterocycles.